The summed E-state index contributed by atoms with van der Waals surface area (Å²) in [7, 11) is 0. The molecular weight excluding hydrogens is 176 g/mol. The van der Waals surface area contributed by atoms with Crippen molar-refractivity contribution in [2.24, 2.45) is 11.8 Å². The van der Waals surface area contributed by atoms with Crippen LogP contribution in [0.1, 0.15) is 31.7 Å². The number of aryl methyl sites for hydroxylation is 1. The van der Waals surface area contributed by atoms with E-state index in [4.69, 9.17) is 4.52 Å². The lowest BCUT2D eigenvalue weighted by molar-refractivity contribution is 0.133. The molecule has 1 N–H and O–H groups in total. The summed E-state index contributed by atoms with van der Waals surface area (Å²) in [5.41, 5.74) is 0.955. The van der Waals surface area contributed by atoms with Crippen molar-refractivity contribution >= 4 is 0 Å². The Labute approximate surface area is 84.9 Å². The predicted molar refractivity (Wildman–Crippen MR) is 54.8 cm³/mol. The molecule has 2 rings (SSSR count). The van der Waals surface area contributed by atoms with E-state index >= 15 is 0 Å². The van der Waals surface area contributed by atoms with E-state index in [0.29, 0.717) is 6.04 Å². The Balaban J connectivity index is 1.78. The highest BCUT2D eigenvalue weighted by atomic mass is 16.5. The normalized spacial score (nSPS) is 31.5. The third kappa shape index (κ3) is 1.82. The molecule has 1 fully saturated rings. The van der Waals surface area contributed by atoms with Crippen LogP contribution in [-0.2, 0) is 6.54 Å². The van der Waals surface area contributed by atoms with Crippen LogP contribution in [-0.4, -0.2) is 11.2 Å². The molecule has 0 aliphatic heterocycles. The van der Waals surface area contributed by atoms with Crippen LogP contribution in [0.3, 0.4) is 0 Å². The maximum absolute atomic E-state index is 5.13. The van der Waals surface area contributed by atoms with Gasteiger partial charge in [-0.15, -0.1) is 0 Å². The van der Waals surface area contributed by atoms with Gasteiger partial charge in [0, 0.05) is 12.1 Å². The van der Waals surface area contributed by atoms with E-state index in [1.165, 1.54) is 6.42 Å². The zero-order valence-electron chi connectivity index (χ0n) is 9.08. The van der Waals surface area contributed by atoms with Crippen LogP contribution in [0.25, 0.3) is 0 Å². The van der Waals surface area contributed by atoms with Crippen molar-refractivity contribution in [2.75, 3.05) is 0 Å². The van der Waals surface area contributed by atoms with Gasteiger partial charge in [0.15, 0.2) is 5.76 Å². The molecule has 0 amide bonds. The van der Waals surface area contributed by atoms with Gasteiger partial charge in [-0.2, -0.15) is 0 Å². The molecule has 14 heavy (non-hydrogen) atoms. The molecular formula is C11H18N2O. The second-order valence-electron chi connectivity index (χ2n) is 4.49. The lowest BCUT2D eigenvalue weighted by Gasteiger charge is -2.41. The fourth-order valence-electron chi connectivity index (χ4n) is 2.03. The maximum Gasteiger partial charge on any atom is 0.150 e. The van der Waals surface area contributed by atoms with E-state index in [-0.39, 0.29) is 0 Å². The maximum atomic E-state index is 5.13. The van der Waals surface area contributed by atoms with Crippen molar-refractivity contribution in [2.45, 2.75) is 39.8 Å². The molecule has 3 unspecified atom stereocenters. The number of nitrogens with one attached hydrogen (secondary N) is 1. The summed E-state index contributed by atoms with van der Waals surface area (Å²) in [6, 6.07) is 2.65. The van der Waals surface area contributed by atoms with Crippen LogP contribution in [0.2, 0.25) is 0 Å². The Morgan fingerprint density at radius 1 is 1.57 bits per heavy atom. The fraction of sp³-hybridized carbons (Fsp3) is 0.727. The van der Waals surface area contributed by atoms with E-state index in [1.807, 2.05) is 13.0 Å². The molecule has 0 bridgehead atoms. The number of rotatable bonds is 3. The van der Waals surface area contributed by atoms with Crippen molar-refractivity contribution < 1.29 is 4.52 Å². The zero-order chi connectivity index (χ0) is 10.1. The Hall–Kier alpha value is -0.830. The van der Waals surface area contributed by atoms with Crippen LogP contribution in [0.4, 0.5) is 0 Å². The molecule has 0 saturated heterocycles. The minimum absolute atomic E-state index is 0.662. The Bertz CT molecular complexity index is 308. The van der Waals surface area contributed by atoms with E-state index < -0.39 is 0 Å². The quantitative estimate of drug-likeness (QED) is 0.801. The summed E-state index contributed by atoms with van der Waals surface area (Å²) < 4.78 is 5.13. The van der Waals surface area contributed by atoms with Crippen LogP contribution in [0, 0.1) is 18.8 Å². The standard InChI is InChI=1S/C11H18N2O/c1-7-4-11(9(7)3)12-6-10-5-8(2)13-14-10/h5,7,9,11-12H,4,6H2,1-3H3. The highest BCUT2D eigenvalue weighted by molar-refractivity contribution is 5.03. The average molecular weight is 194 g/mol. The van der Waals surface area contributed by atoms with E-state index in [9.17, 15) is 0 Å². The average Bonchev–Trinajstić information content (AvgIpc) is 2.58. The molecule has 1 aromatic heterocycles. The first-order valence-electron chi connectivity index (χ1n) is 5.32. The van der Waals surface area contributed by atoms with Gasteiger partial charge in [-0.1, -0.05) is 19.0 Å². The number of hydrogen-bond acceptors (Lipinski definition) is 3. The molecule has 78 valence electrons. The number of hydrogen-bond donors (Lipinski definition) is 1. The summed E-state index contributed by atoms with van der Waals surface area (Å²) in [5, 5.41) is 7.35. The van der Waals surface area contributed by atoms with Crippen molar-refractivity contribution in [3.63, 3.8) is 0 Å². The second kappa shape index (κ2) is 3.73. The molecule has 1 heterocycles. The van der Waals surface area contributed by atoms with Gasteiger partial charge in [-0.05, 0) is 25.2 Å². The van der Waals surface area contributed by atoms with Crippen LogP contribution in [0.5, 0.6) is 0 Å². The molecule has 0 aromatic carbocycles. The molecule has 1 aliphatic rings. The Morgan fingerprint density at radius 2 is 2.36 bits per heavy atom. The van der Waals surface area contributed by atoms with Gasteiger partial charge in [0.25, 0.3) is 0 Å². The van der Waals surface area contributed by atoms with Gasteiger partial charge >= 0.3 is 0 Å². The van der Waals surface area contributed by atoms with Crippen LogP contribution < -0.4 is 5.32 Å². The third-order valence-electron chi connectivity index (χ3n) is 3.37. The number of aromatic nitrogens is 1. The summed E-state index contributed by atoms with van der Waals surface area (Å²) in [5.74, 6) is 2.59. The highest BCUT2D eigenvalue weighted by Crippen LogP contribution is 2.33. The molecule has 0 radical (unpaired) electrons. The predicted octanol–water partition coefficient (Wildman–Crippen LogP) is 2.12. The van der Waals surface area contributed by atoms with Crippen molar-refractivity contribution in [3.05, 3.63) is 17.5 Å². The van der Waals surface area contributed by atoms with Crippen molar-refractivity contribution in [3.8, 4) is 0 Å². The van der Waals surface area contributed by atoms with E-state index in [2.05, 4.69) is 24.3 Å². The smallest absolute Gasteiger partial charge is 0.150 e. The first-order chi connectivity index (χ1) is 6.66. The van der Waals surface area contributed by atoms with Gasteiger partial charge in [-0.3, -0.25) is 0 Å². The summed E-state index contributed by atoms with van der Waals surface area (Å²) in [6.07, 6.45) is 1.29. The van der Waals surface area contributed by atoms with Crippen molar-refractivity contribution in [1.29, 1.82) is 0 Å². The second-order valence-corrected chi connectivity index (χ2v) is 4.49. The SMILES string of the molecule is Cc1cc(CNC2CC(C)C2C)on1. The molecule has 1 aromatic rings. The lowest BCUT2D eigenvalue weighted by atomic mass is 9.71. The molecule has 1 saturated carbocycles. The van der Waals surface area contributed by atoms with Gasteiger partial charge in [0.1, 0.15) is 0 Å². The highest BCUT2D eigenvalue weighted by Gasteiger charge is 2.33. The summed E-state index contributed by atoms with van der Waals surface area (Å²) >= 11 is 0. The Kier molecular flexibility index (Phi) is 2.59. The first kappa shape index (κ1) is 9.71. The van der Waals surface area contributed by atoms with Gasteiger partial charge in [0.2, 0.25) is 0 Å². The molecule has 3 heteroatoms. The van der Waals surface area contributed by atoms with Crippen LogP contribution >= 0.6 is 0 Å². The third-order valence-corrected chi connectivity index (χ3v) is 3.37. The Morgan fingerprint density at radius 3 is 2.86 bits per heavy atom. The zero-order valence-corrected chi connectivity index (χ0v) is 9.08. The monoisotopic (exact) mass is 194 g/mol. The number of nitrogens with zero attached hydrogens (tertiary/aromatic N) is 1. The van der Waals surface area contributed by atoms with Gasteiger partial charge in [-0.25, -0.2) is 0 Å². The van der Waals surface area contributed by atoms with Gasteiger partial charge in [0.05, 0.1) is 12.2 Å². The summed E-state index contributed by atoms with van der Waals surface area (Å²) in [4.78, 5) is 0. The molecule has 3 atom stereocenters. The fourth-order valence-corrected chi connectivity index (χ4v) is 2.03. The van der Waals surface area contributed by atoms with Crippen LogP contribution in [0.15, 0.2) is 10.6 Å². The minimum atomic E-state index is 0.662. The lowest BCUT2D eigenvalue weighted by Crippen LogP contribution is -2.47. The van der Waals surface area contributed by atoms with Gasteiger partial charge < -0.3 is 9.84 Å². The largest absolute Gasteiger partial charge is 0.360 e. The molecule has 0 spiro atoms. The van der Waals surface area contributed by atoms with E-state index in [0.717, 1.165) is 29.8 Å². The van der Waals surface area contributed by atoms with Crippen molar-refractivity contribution in [1.82, 2.24) is 10.5 Å². The van der Waals surface area contributed by atoms with E-state index in [1.54, 1.807) is 0 Å². The molecule has 1 aliphatic carbocycles. The minimum Gasteiger partial charge on any atom is -0.360 e. The summed E-state index contributed by atoms with van der Waals surface area (Å²) in [6.45, 7) is 7.36. The topological polar surface area (TPSA) is 38.1 Å². The first-order valence-corrected chi connectivity index (χ1v) is 5.32. The molecule has 3 nitrogen and oxygen atoms in total.